The number of hydrogen-bond acceptors (Lipinski definition) is 3. The van der Waals surface area contributed by atoms with Crippen LogP contribution in [0.2, 0.25) is 0 Å². The zero-order valence-corrected chi connectivity index (χ0v) is 22.7. The van der Waals surface area contributed by atoms with Crippen molar-refractivity contribution in [3.05, 3.63) is 42.2 Å². The van der Waals surface area contributed by atoms with Crippen molar-refractivity contribution in [2.75, 3.05) is 6.61 Å². The zero-order chi connectivity index (χ0) is 25.8. The molecule has 0 saturated carbocycles. The zero-order valence-electron chi connectivity index (χ0n) is 22.7. The summed E-state index contributed by atoms with van der Waals surface area (Å²) in [5.41, 5.74) is 2.12. The highest BCUT2D eigenvalue weighted by molar-refractivity contribution is 5.55. The van der Waals surface area contributed by atoms with Gasteiger partial charge in [-0.25, -0.2) is 18.7 Å². The normalized spacial score (nSPS) is 13.0. The Labute approximate surface area is 218 Å². The third-order valence-corrected chi connectivity index (χ3v) is 6.75. The molecule has 0 saturated heterocycles. The van der Waals surface area contributed by atoms with Crippen LogP contribution < -0.4 is 4.74 Å². The molecule has 0 bridgehead atoms. The van der Waals surface area contributed by atoms with E-state index in [4.69, 9.17) is 4.74 Å². The van der Waals surface area contributed by atoms with Crippen LogP contribution >= 0.6 is 0 Å². The molecule has 2 aromatic rings. The van der Waals surface area contributed by atoms with Gasteiger partial charge in [0.05, 0.1) is 6.61 Å². The van der Waals surface area contributed by atoms with Gasteiger partial charge in [0.2, 0.25) is 0 Å². The van der Waals surface area contributed by atoms with Crippen molar-refractivity contribution in [1.29, 1.82) is 0 Å². The number of nitrogens with zero attached hydrogens (tertiary/aromatic N) is 2. The van der Waals surface area contributed by atoms with Gasteiger partial charge < -0.3 is 4.74 Å². The Balaban J connectivity index is 1.62. The van der Waals surface area contributed by atoms with E-state index in [-0.39, 0.29) is 19.4 Å². The lowest BCUT2D eigenvalue weighted by Gasteiger charge is -2.12. The molecule has 2 rings (SSSR count). The van der Waals surface area contributed by atoms with Crippen LogP contribution in [0.1, 0.15) is 116 Å². The Kier molecular flexibility index (Phi) is 16.0. The predicted octanol–water partition coefficient (Wildman–Crippen LogP) is 9.63. The molecule has 1 aromatic carbocycles. The van der Waals surface area contributed by atoms with Gasteiger partial charge in [-0.2, -0.15) is 0 Å². The van der Waals surface area contributed by atoms with Crippen molar-refractivity contribution >= 4 is 0 Å². The topological polar surface area (TPSA) is 35.0 Å². The number of aromatic nitrogens is 2. The molecular formula is C31H48F2N2O. The van der Waals surface area contributed by atoms with E-state index in [1.165, 1.54) is 56.9 Å². The fraction of sp³-hybridized carbons (Fsp3) is 0.677. The molecule has 3 nitrogen and oxygen atoms in total. The Morgan fingerprint density at radius 3 is 1.86 bits per heavy atom. The minimum absolute atomic E-state index is 0.266. The molecule has 202 valence electrons. The van der Waals surface area contributed by atoms with Gasteiger partial charge in [0.15, 0.2) is 5.82 Å². The number of benzene rings is 1. The van der Waals surface area contributed by atoms with Crippen LogP contribution in [0.25, 0.3) is 11.4 Å². The first-order valence-electron chi connectivity index (χ1n) is 14.4. The summed E-state index contributed by atoms with van der Waals surface area (Å²) in [5, 5.41) is 0. The Morgan fingerprint density at radius 1 is 0.667 bits per heavy atom. The summed E-state index contributed by atoms with van der Waals surface area (Å²) in [7, 11) is 0. The number of ether oxygens (including phenoxy) is 1. The molecule has 0 fully saturated rings. The molecule has 2 unspecified atom stereocenters. The quantitative estimate of drug-likeness (QED) is 0.159. The molecule has 0 aliphatic rings. The van der Waals surface area contributed by atoms with Gasteiger partial charge >= 0.3 is 0 Å². The minimum atomic E-state index is -1.02. The van der Waals surface area contributed by atoms with Crippen molar-refractivity contribution in [3.63, 3.8) is 0 Å². The minimum Gasteiger partial charge on any atom is -0.493 e. The van der Waals surface area contributed by atoms with Crippen molar-refractivity contribution in [3.8, 4) is 17.1 Å². The molecule has 1 aromatic heterocycles. The van der Waals surface area contributed by atoms with E-state index in [0.29, 0.717) is 24.4 Å². The Bertz CT molecular complexity index is 782. The van der Waals surface area contributed by atoms with Crippen LogP contribution in [-0.2, 0) is 6.42 Å². The fourth-order valence-corrected chi connectivity index (χ4v) is 4.37. The average Bonchev–Trinajstić information content (AvgIpc) is 2.90. The van der Waals surface area contributed by atoms with Crippen LogP contribution in [0, 0.1) is 0 Å². The third-order valence-electron chi connectivity index (χ3n) is 6.75. The highest BCUT2D eigenvalue weighted by Crippen LogP contribution is 2.21. The number of halogens is 2. The number of unbranched alkanes of at least 4 members (excludes halogenated alkanes) is 9. The van der Waals surface area contributed by atoms with E-state index in [2.05, 4.69) is 23.8 Å². The van der Waals surface area contributed by atoms with E-state index in [9.17, 15) is 8.78 Å². The molecular weight excluding hydrogens is 454 g/mol. The molecule has 36 heavy (non-hydrogen) atoms. The summed E-state index contributed by atoms with van der Waals surface area (Å²) in [6.45, 7) is 4.64. The number of hydrogen-bond donors (Lipinski definition) is 0. The van der Waals surface area contributed by atoms with Gasteiger partial charge in [0, 0.05) is 24.4 Å². The monoisotopic (exact) mass is 502 g/mol. The summed E-state index contributed by atoms with van der Waals surface area (Å²) in [5.74, 6) is 1.39. The fourth-order valence-electron chi connectivity index (χ4n) is 4.37. The van der Waals surface area contributed by atoms with Crippen LogP contribution in [0.5, 0.6) is 5.75 Å². The molecule has 0 radical (unpaired) electrons. The van der Waals surface area contributed by atoms with Crippen LogP contribution in [0.3, 0.4) is 0 Å². The lowest BCUT2D eigenvalue weighted by atomic mass is 10.0. The van der Waals surface area contributed by atoms with Gasteiger partial charge in [-0.3, -0.25) is 0 Å². The van der Waals surface area contributed by atoms with Crippen molar-refractivity contribution in [2.24, 2.45) is 0 Å². The van der Waals surface area contributed by atoms with Gasteiger partial charge in [-0.05, 0) is 61.9 Å². The van der Waals surface area contributed by atoms with E-state index < -0.39 is 12.3 Å². The maximum atomic E-state index is 14.1. The summed E-state index contributed by atoms with van der Waals surface area (Å²) < 4.78 is 33.6. The third kappa shape index (κ3) is 13.3. The molecule has 5 heteroatoms. The van der Waals surface area contributed by atoms with E-state index in [1.54, 1.807) is 0 Å². The first kappa shape index (κ1) is 30.2. The molecule has 0 N–H and O–H groups in total. The van der Waals surface area contributed by atoms with Crippen LogP contribution in [0.15, 0.2) is 36.7 Å². The van der Waals surface area contributed by atoms with Crippen molar-refractivity contribution in [2.45, 2.75) is 129 Å². The molecule has 0 spiro atoms. The summed E-state index contributed by atoms with van der Waals surface area (Å²) in [6.07, 6.45) is 17.9. The highest BCUT2D eigenvalue weighted by atomic mass is 19.1. The molecule has 0 aliphatic heterocycles. The largest absolute Gasteiger partial charge is 0.493 e. The second-order valence-corrected chi connectivity index (χ2v) is 10.1. The average molecular weight is 503 g/mol. The highest BCUT2D eigenvalue weighted by Gasteiger charge is 2.12. The van der Waals surface area contributed by atoms with Gasteiger partial charge in [0.25, 0.3) is 0 Å². The first-order chi connectivity index (χ1) is 17.6. The van der Waals surface area contributed by atoms with Crippen LogP contribution in [-0.4, -0.2) is 28.9 Å². The summed E-state index contributed by atoms with van der Waals surface area (Å²) in [6, 6.07) is 7.59. The van der Waals surface area contributed by atoms with Gasteiger partial charge in [-0.15, -0.1) is 0 Å². The Morgan fingerprint density at radius 2 is 1.22 bits per heavy atom. The number of rotatable bonds is 21. The van der Waals surface area contributed by atoms with Crippen molar-refractivity contribution in [1.82, 2.24) is 9.97 Å². The van der Waals surface area contributed by atoms with E-state index in [1.807, 2.05) is 36.7 Å². The number of aryl methyl sites for hydroxylation is 1. The molecule has 1 heterocycles. The maximum absolute atomic E-state index is 14.1. The van der Waals surface area contributed by atoms with E-state index in [0.717, 1.165) is 31.2 Å². The SMILES string of the molecule is CCCCCCCCCCc1cnc(-c2ccc(OCCC(F)CCC(F)CCCCC)cc2)nc1. The maximum Gasteiger partial charge on any atom is 0.159 e. The standard InChI is InChI=1S/C31H48F2N2O/c1-3-5-7-8-9-10-11-13-14-26-24-34-31(35-25-26)27-16-20-30(21-17-27)36-23-22-29(33)19-18-28(32)15-12-6-4-2/h16-17,20-21,24-25,28-29H,3-15,18-19,22-23H2,1-2H3. The predicted molar refractivity (Wildman–Crippen MR) is 147 cm³/mol. The summed E-state index contributed by atoms with van der Waals surface area (Å²) in [4.78, 5) is 9.08. The second-order valence-electron chi connectivity index (χ2n) is 10.1. The molecule has 0 amide bonds. The second kappa shape index (κ2) is 19.1. The van der Waals surface area contributed by atoms with Gasteiger partial charge in [-0.1, -0.05) is 78.1 Å². The van der Waals surface area contributed by atoms with Crippen LogP contribution in [0.4, 0.5) is 8.78 Å². The van der Waals surface area contributed by atoms with Gasteiger partial charge in [0.1, 0.15) is 18.1 Å². The van der Waals surface area contributed by atoms with E-state index >= 15 is 0 Å². The molecule has 0 aliphatic carbocycles. The molecule has 2 atom stereocenters. The Hall–Kier alpha value is -2.04. The number of alkyl halides is 2. The smallest absolute Gasteiger partial charge is 0.159 e. The summed E-state index contributed by atoms with van der Waals surface area (Å²) >= 11 is 0. The lowest BCUT2D eigenvalue weighted by Crippen LogP contribution is -2.10. The first-order valence-corrected chi connectivity index (χ1v) is 14.4. The van der Waals surface area contributed by atoms with Crippen molar-refractivity contribution < 1.29 is 13.5 Å². The lowest BCUT2D eigenvalue weighted by molar-refractivity contribution is 0.199.